The third-order valence-electron chi connectivity index (χ3n) is 2.83. The van der Waals surface area contributed by atoms with Gasteiger partial charge in [-0.25, -0.2) is 0 Å². The molecule has 20 heavy (non-hydrogen) atoms. The van der Waals surface area contributed by atoms with Gasteiger partial charge in [0, 0.05) is 6.54 Å². The minimum atomic E-state index is -0.235. The predicted octanol–water partition coefficient (Wildman–Crippen LogP) is 2.49. The summed E-state index contributed by atoms with van der Waals surface area (Å²) < 4.78 is 11.3. The highest BCUT2D eigenvalue weighted by Gasteiger charge is 2.10. The van der Waals surface area contributed by atoms with E-state index < -0.39 is 0 Å². The number of nitrogens with two attached hydrogens (primary N) is 1. The van der Waals surface area contributed by atoms with Crippen LogP contribution in [0.15, 0.2) is 54.6 Å². The second-order valence-electron chi connectivity index (χ2n) is 4.31. The van der Waals surface area contributed by atoms with Crippen molar-refractivity contribution in [3.63, 3.8) is 0 Å². The summed E-state index contributed by atoms with van der Waals surface area (Å²) in [6.07, 6.45) is -0.235. The zero-order valence-corrected chi connectivity index (χ0v) is 11.2. The van der Waals surface area contributed by atoms with Crippen molar-refractivity contribution in [2.24, 2.45) is 5.73 Å². The summed E-state index contributed by atoms with van der Waals surface area (Å²) >= 11 is 0. The molecule has 0 saturated carbocycles. The Kier molecular flexibility index (Phi) is 5.55. The van der Waals surface area contributed by atoms with E-state index in [-0.39, 0.29) is 19.3 Å². The molecule has 0 fully saturated rings. The van der Waals surface area contributed by atoms with Crippen molar-refractivity contribution in [3.05, 3.63) is 60.2 Å². The van der Waals surface area contributed by atoms with Crippen molar-refractivity contribution >= 4 is 0 Å². The van der Waals surface area contributed by atoms with Gasteiger partial charge in [0.05, 0.1) is 19.3 Å². The highest BCUT2D eigenvalue weighted by atomic mass is 16.5. The van der Waals surface area contributed by atoms with Crippen molar-refractivity contribution in [2.45, 2.75) is 6.10 Å². The summed E-state index contributed by atoms with van der Waals surface area (Å²) in [4.78, 5) is 0. The molecule has 4 nitrogen and oxygen atoms in total. The first-order valence-corrected chi connectivity index (χ1v) is 6.59. The monoisotopic (exact) mass is 273 g/mol. The largest absolute Gasteiger partial charge is 0.457 e. The molecule has 1 unspecified atom stereocenters. The highest BCUT2D eigenvalue weighted by Crippen LogP contribution is 2.25. The van der Waals surface area contributed by atoms with Crippen LogP contribution in [0.4, 0.5) is 0 Å². The first-order valence-electron chi connectivity index (χ1n) is 6.59. The zero-order valence-electron chi connectivity index (χ0n) is 11.2. The molecule has 2 aromatic rings. The highest BCUT2D eigenvalue weighted by molar-refractivity contribution is 5.34. The first-order chi connectivity index (χ1) is 9.83. The van der Waals surface area contributed by atoms with E-state index >= 15 is 0 Å². The number of ether oxygens (including phenoxy) is 2. The molecule has 0 aliphatic rings. The van der Waals surface area contributed by atoms with Gasteiger partial charge in [0.25, 0.3) is 0 Å². The standard InChI is InChI=1S/C16H19NO3/c17-12-16(19-10-9-18)13-5-4-8-15(11-13)20-14-6-2-1-3-7-14/h1-8,11,16,18H,9-10,12,17H2. The Bertz CT molecular complexity index is 516. The fourth-order valence-corrected chi connectivity index (χ4v) is 1.90. The number of rotatable bonds is 7. The van der Waals surface area contributed by atoms with Crippen LogP contribution in [-0.2, 0) is 4.74 Å². The summed E-state index contributed by atoms with van der Waals surface area (Å²) in [5.41, 5.74) is 6.64. The van der Waals surface area contributed by atoms with Crippen LogP contribution in [-0.4, -0.2) is 24.9 Å². The molecular weight excluding hydrogens is 254 g/mol. The summed E-state index contributed by atoms with van der Waals surface area (Å²) in [5, 5.41) is 8.82. The van der Waals surface area contributed by atoms with Gasteiger partial charge in [0.2, 0.25) is 0 Å². The van der Waals surface area contributed by atoms with Gasteiger partial charge < -0.3 is 20.3 Å². The van der Waals surface area contributed by atoms with Crippen molar-refractivity contribution in [1.29, 1.82) is 0 Å². The molecule has 0 heterocycles. The van der Waals surface area contributed by atoms with Crippen LogP contribution in [0.2, 0.25) is 0 Å². The zero-order chi connectivity index (χ0) is 14.2. The number of benzene rings is 2. The van der Waals surface area contributed by atoms with Gasteiger partial charge in [0.15, 0.2) is 0 Å². The van der Waals surface area contributed by atoms with Gasteiger partial charge in [-0.2, -0.15) is 0 Å². The second-order valence-corrected chi connectivity index (χ2v) is 4.31. The molecule has 0 aromatic heterocycles. The number of aliphatic hydroxyl groups excluding tert-OH is 1. The van der Waals surface area contributed by atoms with Crippen LogP contribution < -0.4 is 10.5 Å². The third kappa shape index (κ3) is 4.06. The molecular formula is C16H19NO3. The molecule has 3 N–H and O–H groups in total. The molecule has 0 aliphatic heterocycles. The molecule has 0 amide bonds. The van der Waals surface area contributed by atoms with Crippen molar-refractivity contribution in [1.82, 2.24) is 0 Å². The van der Waals surface area contributed by atoms with Gasteiger partial charge >= 0.3 is 0 Å². The number of aliphatic hydroxyl groups is 1. The lowest BCUT2D eigenvalue weighted by Crippen LogP contribution is -2.17. The Morgan fingerprint density at radius 3 is 2.45 bits per heavy atom. The van der Waals surface area contributed by atoms with Gasteiger partial charge in [0.1, 0.15) is 11.5 Å². The van der Waals surface area contributed by atoms with E-state index in [1.165, 1.54) is 0 Å². The van der Waals surface area contributed by atoms with E-state index in [1.54, 1.807) is 0 Å². The minimum Gasteiger partial charge on any atom is -0.457 e. The molecule has 2 aromatic carbocycles. The Hall–Kier alpha value is -1.88. The normalized spacial score (nSPS) is 12.1. The lowest BCUT2D eigenvalue weighted by molar-refractivity contribution is 0.0328. The Balaban J connectivity index is 2.10. The number of para-hydroxylation sites is 1. The molecule has 1 atom stereocenters. The van der Waals surface area contributed by atoms with E-state index in [1.807, 2.05) is 54.6 Å². The van der Waals surface area contributed by atoms with Crippen LogP contribution in [0.1, 0.15) is 11.7 Å². The van der Waals surface area contributed by atoms with E-state index in [0.717, 1.165) is 17.1 Å². The lowest BCUT2D eigenvalue weighted by atomic mass is 10.1. The SMILES string of the molecule is NCC(OCCO)c1cccc(Oc2ccccc2)c1. The van der Waals surface area contributed by atoms with Gasteiger partial charge in [-0.3, -0.25) is 0 Å². The van der Waals surface area contributed by atoms with E-state index in [9.17, 15) is 0 Å². The van der Waals surface area contributed by atoms with Crippen LogP contribution in [0.25, 0.3) is 0 Å². The maximum absolute atomic E-state index is 8.82. The smallest absolute Gasteiger partial charge is 0.127 e. The van der Waals surface area contributed by atoms with Gasteiger partial charge in [-0.1, -0.05) is 30.3 Å². The summed E-state index contributed by atoms with van der Waals surface area (Å²) in [6.45, 7) is 0.608. The summed E-state index contributed by atoms with van der Waals surface area (Å²) in [6, 6.07) is 17.2. The minimum absolute atomic E-state index is 0.0172. The average molecular weight is 273 g/mol. The molecule has 0 aliphatic carbocycles. The topological polar surface area (TPSA) is 64.7 Å². The van der Waals surface area contributed by atoms with Crippen molar-refractivity contribution in [3.8, 4) is 11.5 Å². The van der Waals surface area contributed by atoms with Crippen LogP contribution >= 0.6 is 0 Å². The Morgan fingerprint density at radius 2 is 1.75 bits per heavy atom. The maximum Gasteiger partial charge on any atom is 0.127 e. The van der Waals surface area contributed by atoms with Gasteiger partial charge in [-0.05, 0) is 29.8 Å². The number of hydrogen-bond acceptors (Lipinski definition) is 4. The Labute approximate surface area is 118 Å². The fourth-order valence-electron chi connectivity index (χ4n) is 1.90. The molecule has 4 heteroatoms. The van der Waals surface area contributed by atoms with Crippen LogP contribution in [0.5, 0.6) is 11.5 Å². The summed E-state index contributed by atoms with van der Waals surface area (Å²) in [5.74, 6) is 1.52. The van der Waals surface area contributed by atoms with Crippen molar-refractivity contribution < 1.29 is 14.6 Å². The first kappa shape index (κ1) is 14.5. The molecule has 2 rings (SSSR count). The molecule has 0 saturated heterocycles. The molecule has 0 radical (unpaired) electrons. The van der Waals surface area contributed by atoms with Crippen molar-refractivity contribution in [2.75, 3.05) is 19.8 Å². The van der Waals surface area contributed by atoms with E-state index in [0.29, 0.717) is 6.54 Å². The maximum atomic E-state index is 8.82. The van der Waals surface area contributed by atoms with Crippen LogP contribution in [0, 0.1) is 0 Å². The molecule has 0 spiro atoms. The van der Waals surface area contributed by atoms with Gasteiger partial charge in [-0.15, -0.1) is 0 Å². The summed E-state index contributed by atoms with van der Waals surface area (Å²) in [7, 11) is 0. The predicted molar refractivity (Wildman–Crippen MR) is 77.8 cm³/mol. The fraction of sp³-hybridized carbons (Fsp3) is 0.250. The molecule has 0 bridgehead atoms. The van der Waals surface area contributed by atoms with E-state index in [2.05, 4.69) is 0 Å². The quantitative estimate of drug-likeness (QED) is 0.813. The van der Waals surface area contributed by atoms with E-state index in [4.69, 9.17) is 20.3 Å². The third-order valence-corrected chi connectivity index (χ3v) is 2.83. The Morgan fingerprint density at radius 1 is 1.00 bits per heavy atom. The number of hydrogen-bond donors (Lipinski definition) is 2. The lowest BCUT2D eigenvalue weighted by Gasteiger charge is -2.16. The van der Waals surface area contributed by atoms with Crippen LogP contribution in [0.3, 0.4) is 0 Å². The second kappa shape index (κ2) is 7.65. The average Bonchev–Trinajstić information content (AvgIpc) is 2.49. The molecule has 106 valence electrons.